The van der Waals surface area contributed by atoms with Crippen molar-refractivity contribution in [1.82, 2.24) is 15.1 Å². The number of furan rings is 1. The van der Waals surface area contributed by atoms with Crippen LogP contribution in [0.5, 0.6) is 11.5 Å². The monoisotopic (exact) mass is 505 g/mol. The van der Waals surface area contributed by atoms with Crippen LogP contribution in [0.2, 0.25) is 0 Å². The van der Waals surface area contributed by atoms with Gasteiger partial charge in [0.05, 0.1) is 5.69 Å². The Morgan fingerprint density at radius 1 is 1.06 bits per heavy atom. The third-order valence-corrected chi connectivity index (χ3v) is 6.57. The molecule has 0 atom stereocenters. The molecule has 0 aliphatic heterocycles. The maximum Gasteiger partial charge on any atom is 0.439 e. The molecule has 0 saturated heterocycles. The summed E-state index contributed by atoms with van der Waals surface area (Å²) in [5, 5.41) is 7.64. The van der Waals surface area contributed by atoms with E-state index in [2.05, 4.69) is 40.8 Å². The summed E-state index contributed by atoms with van der Waals surface area (Å²) in [6.07, 6.45) is 0. The molecule has 9 heteroatoms. The van der Waals surface area contributed by atoms with Crippen LogP contribution in [-0.2, 0) is 17.6 Å². The van der Waals surface area contributed by atoms with Gasteiger partial charge < -0.3 is 13.9 Å². The summed E-state index contributed by atoms with van der Waals surface area (Å²) in [6.45, 7) is 10.3. The molecule has 0 aliphatic rings. The fourth-order valence-electron chi connectivity index (χ4n) is 3.64. The Bertz CT molecular complexity index is 1570. The fraction of sp³-hybridized carbons (Fsp3) is 0.296. The van der Waals surface area contributed by atoms with Gasteiger partial charge in [-0.1, -0.05) is 44.1 Å². The molecule has 0 saturated carbocycles. The summed E-state index contributed by atoms with van der Waals surface area (Å²) in [6, 6.07) is 15.3. The summed E-state index contributed by atoms with van der Waals surface area (Å²) in [5.74, 6) is 1.75. The molecule has 8 nitrogen and oxygen atoms in total. The molecule has 0 radical (unpaired) electrons. The number of hydrogen-bond donors (Lipinski definition) is 1. The summed E-state index contributed by atoms with van der Waals surface area (Å²) >= 11 is 1.58. The van der Waals surface area contributed by atoms with Crippen LogP contribution in [0.1, 0.15) is 51.7 Å². The molecule has 5 aromatic rings. The van der Waals surface area contributed by atoms with Crippen LogP contribution in [0.4, 0.5) is 0 Å². The number of fused-ring (bicyclic) bond motifs is 1. The Morgan fingerprint density at radius 3 is 2.58 bits per heavy atom. The number of para-hydroxylation sites is 1. The lowest BCUT2D eigenvalue weighted by Gasteiger charge is -2.24. The fourth-order valence-corrected chi connectivity index (χ4v) is 4.64. The summed E-state index contributed by atoms with van der Waals surface area (Å²) in [5.41, 5.74) is 1.75. The van der Waals surface area contributed by atoms with Gasteiger partial charge in [-0.2, -0.15) is 0 Å². The number of nitrogens with zero attached hydrogens (tertiary/aromatic N) is 2. The van der Waals surface area contributed by atoms with Crippen molar-refractivity contribution < 1.29 is 18.4 Å². The lowest BCUT2D eigenvalue weighted by atomic mass is 9.93. The van der Waals surface area contributed by atoms with Crippen LogP contribution in [0.25, 0.3) is 21.7 Å². The zero-order chi connectivity index (χ0) is 25.5. The van der Waals surface area contributed by atoms with Crippen molar-refractivity contribution in [2.24, 2.45) is 0 Å². The number of nitrogens with one attached hydrogen (secondary N) is 1. The zero-order valence-electron chi connectivity index (χ0n) is 20.7. The Hall–Kier alpha value is -3.85. The maximum absolute atomic E-state index is 11.4. The smallest absolute Gasteiger partial charge is 0.439 e. The molecule has 0 unspecified atom stereocenters. The minimum atomic E-state index is -0.906. The summed E-state index contributed by atoms with van der Waals surface area (Å²) in [4.78, 5) is 18.7. The zero-order valence-corrected chi connectivity index (χ0v) is 21.6. The first-order valence-corrected chi connectivity index (χ1v) is 12.4. The van der Waals surface area contributed by atoms with E-state index >= 15 is 0 Å². The topological polar surface area (TPSA) is 103 Å². The highest BCUT2D eigenvalue weighted by Gasteiger charge is 2.28. The molecule has 0 aliphatic carbocycles. The molecule has 0 spiro atoms. The standard InChI is InChI=1S/C27H27N3O5S/c1-26(2,3)22-15-36-23(28-22)21-13-17-12-18(10-11-19(17)33-21)32-14-16-8-6-7-9-20(16)34-27(4,5)24-29-25(31)35-30-24/h6-13,15H,14H2,1-5H3,(H,29,30,31). The number of H-pyrrole nitrogens is 1. The van der Waals surface area contributed by atoms with E-state index in [4.69, 9.17) is 18.9 Å². The number of benzene rings is 2. The molecular formula is C27H27N3O5S. The van der Waals surface area contributed by atoms with Crippen molar-refractivity contribution in [3.63, 3.8) is 0 Å². The SMILES string of the molecule is CC(C)(C)c1csc(-c2cc3cc(OCc4ccccc4OC(C)(C)c4noc(=O)[nH]4)ccc3o2)n1. The quantitative estimate of drug-likeness (QED) is 0.272. The summed E-state index contributed by atoms with van der Waals surface area (Å²) in [7, 11) is 0. The minimum Gasteiger partial charge on any atom is -0.489 e. The van der Waals surface area contributed by atoms with Crippen molar-refractivity contribution in [1.29, 1.82) is 0 Å². The molecule has 0 bridgehead atoms. The van der Waals surface area contributed by atoms with Crippen LogP contribution in [-0.4, -0.2) is 15.1 Å². The van der Waals surface area contributed by atoms with Crippen molar-refractivity contribution >= 4 is 22.3 Å². The van der Waals surface area contributed by atoms with Crippen molar-refractivity contribution in [2.45, 2.75) is 52.2 Å². The molecular weight excluding hydrogens is 478 g/mol. The average Bonchev–Trinajstić information content (AvgIpc) is 3.56. The molecule has 3 heterocycles. The van der Waals surface area contributed by atoms with Gasteiger partial charge in [0.15, 0.2) is 22.2 Å². The van der Waals surface area contributed by atoms with E-state index in [9.17, 15) is 4.79 Å². The molecule has 3 aromatic heterocycles. The van der Waals surface area contributed by atoms with Gasteiger partial charge in [0.1, 0.15) is 23.7 Å². The Kier molecular flexibility index (Phi) is 5.96. The van der Waals surface area contributed by atoms with Gasteiger partial charge in [0.2, 0.25) is 0 Å². The second kappa shape index (κ2) is 8.98. The molecule has 1 N–H and O–H groups in total. The maximum atomic E-state index is 11.4. The number of hydrogen-bond acceptors (Lipinski definition) is 8. The Labute approximate surface area is 211 Å². The van der Waals surface area contributed by atoms with E-state index in [0.717, 1.165) is 33.0 Å². The highest BCUT2D eigenvalue weighted by atomic mass is 32.1. The Morgan fingerprint density at radius 2 is 1.86 bits per heavy atom. The van der Waals surface area contributed by atoms with E-state index in [1.54, 1.807) is 25.2 Å². The highest BCUT2D eigenvalue weighted by molar-refractivity contribution is 7.13. The molecule has 2 aromatic carbocycles. The number of ether oxygens (including phenoxy) is 2. The third-order valence-electron chi connectivity index (χ3n) is 5.71. The molecule has 0 amide bonds. The second-order valence-corrected chi connectivity index (χ2v) is 10.9. The predicted molar refractivity (Wildman–Crippen MR) is 138 cm³/mol. The average molecular weight is 506 g/mol. The van der Waals surface area contributed by atoms with Crippen molar-refractivity contribution in [2.75, 3.05) is 0 Å². The first-order valence-electron chi connectivity index (χ1n) is 11.5. The number of rotatable bonds is 7. The molecule has 36 heavy (non-hydrogen) atoms. The van der Waals surface area contributed by atoms with Crippen LogP contribution in [0.3, 0.4) is 0 Å². The van der Waals surface area contributed by atoms with Gasteiger partial charge in [0, 0.05) is 21.7 Å². The van der Waals surface area contributed by atoms with Crippen LogP contribution >= 0.6 is 11.3 Å². The third kappa shape index (κ3) is 4.92. The predicted octanol–water partition coefficient (Wildman–Crippen LogP) is 6.42. The number of aromatic nitrogens is 3. The minimum absolute atomic E-state index is 0.0106. The van der Waals surface area contributed by atoms with E-state index < -0.39 is 11.4 Å². The molecule has 0 fully saturated rings. The van der Waals surface area contributed by atoms with E-state index in [0.29, 0.717) is 23.9 Å². The largest absolute Gasteiger partial charge is 0.489 e. The summed E-state index contributed by atoms with van der Waals surface area (Å²) < 4.78 is 23.0. The van der Waals surface area contributed by atoms with Crippen molar-refractivity contribution in [3.8, 4) is 22.3 Å². The normalized spacial score (nSPS) is 12.2. The van der Waals surface area contributed by atoms with E-state index in [-0.39, 0.29) is 5.41 Å². The van der Waals surface area contributed by atoms with Gasteiger partial charge in [-0.15, -0.1) is 11.3 Å². The van der Waals surface area contributed by atoms with E-state index in [1.807, 2.05) is 48.5 Å². The first kappa shape index (κ1) is 23.9. The Balaban J connectivity index is 1.33. The van der Waals surface area contributed by atoms with E-state index in [1.165, 1.54) is 0 Å². The first-order chi connectivity index (χ1) is 17.1. The molecule has 186 valence electrons. The second-order valence-electron chi connectivity index (χ2n) is 10.1. The van der Waals surface area contributed by atoms with Crippen LogP contribution in [0, 0.1) is 0 Å². The number of aromatic amines is 1. The highest BCUT2D eigenvalue weighted by Crippen LogP contribution is 2.35. The van der Waals surface area contributed by atoms with Gasteiger partial charge in [-0.25, -0.2) is 9.78 Å². The lowest BCUT2D eigenvalue weighted by molar-refractivity contribution is 0.0923. The van der Waals surface area contributed by atoms with Gasteiger partial charge in [-0.3, -0.25) is 9.51 Å². The van der Waals surface area contributed by atoms with Gasteiger partial charge >= 0.3 is 5.76 Å². The van der Waals surface area contributed by atoms with Crippen molar-refractivity contribution in [3.05, 3.63) is 81.5 Å². The van der Waals surface area contributed by atoms with Crippen LogP contribution < -0.4 is 15.2 Å². The number of thiazole rings is 1. The van der Waals surface area contributed by atoms with Crippen LogP contribution in [0.15, 0.2) is 67.6 Å². The lowest BCUT2D eigenvalue weighted by Crippen LogP contribution is -2.28. The molecule has 5 rings (SSSR count). The van der Waals surface area contributed by atoms with Gasteiger partial charge in [0.25, 0.3) is 0 Å². The van der Waals surface area contributed by atoms with Gasteiger partial charge in [-0.05, 0) is 44.2 Å².